The fraction of sp³-hybridized carbons (Fsp3) is 0.467. The number of hydrogen-bond donors (Lipinski definition) is 0. The Morgan fingerprint density at radius 3 is 2.75 bits per heavy atom. The summed E-state index contributed by atoms with van der Waals surface area (Å²) in [4.78, 5) is 24.5. The van der Waals surface area contributed by atoms with Crippen molar-refractivity contribution < 1.29 is 14.3 Å². The average molecular weight is 296 g/mol. The van der Waals surface area contributed by atoms with Gasteiger partial charge in [-0.3, -0.25) is 9.59 Å². The van der Waals surface area contributed by atoms with Crippen LogP contribution in [0.2, 0.25) is 5.02 Å². The van der Waals surface area contributed by atoms with E-state index in [0.29, 0.717) is 22.3 Å². The van der Waals surface area contributed by atoms with E-state index in [1.165, 1.54) is 6.07 Å². The molecule has 1 amide bonds. The Labute approximate surface area is 123 Å². The van der Waals surface area contributed by atoms with E-state index in [9.17, 15) is 9.59 Å². The number of ether oxygens (including phenoxy) is 1. The Balaban J connectivity index is 1.88. The number of carbonyl (C=O) groups is 2. The summed E-state index contributed by atoms with van der Waals surface area (Å²) in [6.45, 7) is 3.77. The van der Waals surface area contributed by atoms with Gasteiger partial charge in [-0.2, -0.15) is 0 Å². The zero-order valence-electron chi connectivity index (χ0n) is 11.5. The fourth-order valence-corrected chi connectivity index (χ4v) is 2.44. The number of amides is 1. The molecule has 1 fully saturated rings. The van der Waals surface area contributed by atoms with Gasteiger partial charge in [-0.05, 0) is 37.0 Å². The molecular formula is C15H18ClNO3. The summed E-state index contributed by atoms with van der Waals surface area (Å²) in [5.74, 6) is 1.09. The maximum atomic E-state index is 12.0. The maximum absolute atomic E-state index is 12.0. The van der Waals surface area contributed by atoms with Crippen LogP contribution in [0.15, 0.2) is 18.2 Å². The van der Waals surface area contributed by atoms with Crippen LogP contribution in [0.25, 0.3) is 0 Å². The van der Waals surface area contributed by atoms with Crippen LogP contribution in [-0.2, 0) is 4.79 Å². The molecule has 1 saturated heterocycles. The Bertz CT molecular complexity index is 496. The molecule has 5 heteroatoms. The van der Waals surface area contributed by atoms with Crippen molar-refractivity contribution in [2.45, 2.75) is 19.8 Å². The van der Waals surface area contributed by atoms with Crippen molar-refractivity contribution in [1.82, 2.24) is 4.90 Å². The number of hydrogen-bond acceptors (Lipinski definition) is 3. The molecule has 0 aromatic heterocycles. The first-order chi connectivity index (χ1) is 9.60. The highest BCUT2D eigenvalue weighted by Gasteiger charge is 2.20. The molecule has 2 rings (SSSR count). The van der Waals surface area contributed by atoms with Gasteiger partial charge in [0.15, 0.2) is 6.61 Å². The fourth-order valence-electron chi connectivity index (χ4n) is 2.20. The van der Waals surface area contributed by atoms with Crippen LogP contribution in [0.5, 0.6) is 5.75 Å². The molecule has 20 heavy (non-hydrogen) atoms. The van der Waals surface area contributed by atoms with Gasteiger partial charge in [-0.25, -0.2) is 0 Å². The predicted molar refractivity (Wildman–Crippen MR) is 77.3 cm³/mol. The lowest BCUT2D eigenvalue weighted by molar-refractivity contribution is -0.134. The molecule has 0 radical (unpaired) electrons. The van der Waals surface area contributed by atoms with Crippen molar-refractivity contribution in [2.24, 2.45) is 5.92 Å². The molecule has 0 spiro atoms. The minimum atomic E-state index is -0.0209. The first kappa shape index (κ1) is 14.9. The molecule has 0 unspecified atom stereocenters. The molecule has 1 aromatic rings. The van der Waals surface area contributed by atoms with Gasteiger partial charge in [-0.1, -0.05) is 18.5 Å². The molecule has 0 saturated carbocycles. The highest BCUT2D eigenvalue weighted by Crippen LogP contribution is 2.25. The molecule has 1 aliphatic heterocycles. The highest BCUT2D eigenvalue weighted by molar-refractivity contribution is 6.32. The molecule has 4 nitrogen and oxygen atoms in total. The number of carbonyl (C=O) groups excluding carboxylic acids is 2. The monoisotopic (exact) mass is 295 g/mol. The van der Waals surface area contributed by atoms with Crippen molar-refractivity contribution in [3.05, 3.63) is 28.8 Å². The number of benzene rings is 1. The third-order valence-corrected chi connectivity index (χ3v) is 3.87. The third-order valence-electron chi connectivity index (χ3n) is 3.58. The van der Waals surface area contributed by atoms with Crippen molar-refractivity contribution in [1.29, 1.82) is 0 Å². The topological polar surface area (TPSA) is 46.6 Å². The number of nitrogens with zero attached hydrogens (tertiary/aromatic N) is 1. The molecule has 1 aromatic carbocycles. The second-order valence-corrected chi connectivity index (χ2v) is 5.57. The first-order valence-corrected chi connectivity index (χ1v) is 7.13. The van der Waals surface area contributed by atoms with Crippen LogP contribution in [0.1, 0.15) is 30.1 Å². The van der Waals surface area contributed by atoms with E-state index in [1.54, 1.807) is 12.1 Å². The van der Waals surface area contributed by atoms with Crippen molar-refractivity contribution in [3.63, 3.8) is 0 Å². The SMILES string of the molecule is CC1CCN(C(=O)COc2ccc(C=O)cc2Cl)CC1. The van der Waals surface area contributed by atoms with E-state index in [2.05, 4.69) is 6.92 Å². The maximum Gasteiger partial charge on any atom is 0.260 e. The van der Waals surface area contributed by atoms with Crippen LogP contribution in [0.3, 0.4) is 0 Å². The van der Waals surface area contributed by atoms with Crippen LogP contribution in [0.4, 0.5) is 0 Å². The smallest absolute Gasteiger partial charge is 0.260 e. The van der Waals surface area contributed by atoms with Crippen molar-refractivity contribution >= 4 is 23.8 Å². The van der Waals surface area contributed by atoms with Gasteiger partial charge in [0.1, 0.15) is 12.0 Å². The average Bonchev–Trinajstić information content (AvgIpc) is 2.46. The van der Waals surface area contributed by atoms with Crippen molar-refractivity contribution in [2.75, 3.05) is 19.7 Å². The lowest BCUT2D eigenvalue weighted by Gasteiger charge is -2.30. The second-order valence-electron chi connectivity index (χ2n) is 5.16. The molecular weight excluding hydrogens is 278 g/mol. The summed E-state index contributed by atoms with van der Waals surface area (Å²) in [6, 6.07) is 4.75. The predicted octanol–water partition coefficient (Wildman–Crippen LogP) is 2.79. The van der Waals surface area contributed by atoms with Gasteiger partial charge >= 0.3 is 0 Å². The zero-order valence-corrected chi connectivity index (χ0v) is 12.2. The molecule has 0 aliphatic carbocycles. The summed E-state index contributed by atoms with van der Waals surface area (Å²) in [7, 11) is 0. The molecule has 0 bridgehead atoms. The molecule has 0 N–H and O–H groups in total. The number of piperidine rings is 1. The molecule has 1 heterocycles. The number of halogens is 1. The van der Waals surface area contributed by atoms with Crippen LogP contribution >= 0.6 is 11.6 Å². The van der Waals surface area contributed by atoms with Crippen LogP contribution in [-0.4, -0.2) is 36.8 Å². The minimum Gasteiger partial charge on any atom is -0.482 e. The van der Waals surface area contributed by atoms with Gasteiger partial charge in [0.2, 0.25) is 0 Å². The lowest BCUT2D eigenvalue weighted by Crippen LogP contribution is -2.40. The highest BCUT2D eigenvalue weighted by atomic mass is 35.5. The van der Waals surface area contributed by atoms with Gasteiger partial charge < -0.3 is 9.64 Å². The number of rotatable bonds is 4. The van der Waals surface area contributed by atoms with Crippen LogP contribution in [0, 0.1) is 5.92 Å². The van der Waals surface area contributed by atoms with Gasteiger partial charge in [0.25, 0.3) is 5.91 Å². The largest absolute Gasteiger partial charge is 0.482 e. The Kier molecular flexibility index (Phi) is 5.01. The molecule has 108 valence electrons. The summed E-state index contributed by atoms with van der Waals surface area (Å²) in [5.41, 5.74) is 0.485. The van der Waals surface area contributed by atoms with Crippen LogP contribution < -0.4 is 4.74 Å². The summed E-state index contributed by atoms with van der Waals surface area (Å²) in [6.07, 6.45) is 2.80. The van der Waals surface area contributed by atoms with E-state index in [0.717, 1.165) is 32.2 Å². The molecule has 0 atom stereocenters. The van der Waals surface area contributed by atoms with E-state index in [4.69, 9.17) is 16.3 Å². The standard InChI is InChI=1S/C15H18ClNO3/c1-11-4-6-17(7-5-11)15(19)10-20-14-3-2-12(9-18)8-13(14)16/h2-3,8-9,11H,4-7,10H2,1H3. The first-order valence-electron chi connectivity index (χ1n) is 6.75. The second kappa shape index (κ2) is 6.75. The minimum absolute atomic E-state index is 0.0193. The third kappa shape index (κ3) is 3.73. The van der Waals surface area contributed by atoms with Gasteiger partial charge in [0.05, 0.1) is 5.02 Å². The van der Waals surface area contributed by atoms with E-state index >= 15 is 0 Å². The summed E-state index contributed by atoms with van der Waals surface area (Å²) in [5, 5.41) is 0.342. The van der Waals surface area contributed by atoms with E-state index in [1.807, 2.05) is 4.90 Å². The summed E-state index contributed by atoms with van der Waals surface area (Å²) >= 11 is 5.99. The lowest BCUT2D eigenvalue weighted by atomic mass is 9.99. The van der Waals surface area contributed by atoms with Gasteiger partial charge in [-0.15, -0.1) is 0 Å². The number of aldehydes is 1. The molecule has 1 aliphatic rings. The van der Waals surface area contributed by atoms with Crippen molar-refractivity contribution in [3.8, 4) is 5.75 Å². The number of likely N-dealkylation sites (tertiary alicyclic amines) is 1. The zero-order chi connectivity index (χ0) is 14.5. The Morgan fingerprint density at radius 2 is 2.15 bits per heavy atom. The van der Waals surface area contributed by atoms with E-state index in [-0.39, 0.29) is 12.5 Å². The quantitative estimate of drug-likeness (QED) is 0.803. The van der Waals surface area contributed by atoms with Gasteiger partial charge in [0, 0.05) is 18.7 Å². The normalized spacial score (nSPS) is 16.0. The summed E-state index contributed by atoms with van der Waals surface area (Å²) < 4.78 is 5.44. The van der Waals surface area contributed by atoms with E-state index < -0.39 is 0 Å². The Hall–Kier alpha value is -1.55. The Morgan fingerprint density at radius 1 is 1.45 bits per heavy atom.